The molecule has 3 rings (SSSR count). The number of nitrogens with one attached hydrogen (secondary N) is 2. The Labute approximate surface area is 111 Å². The highest BCUT2D eigenvalue weighted by Gasteiger charge is 2.22. The predicted molar refractivity (Wildman–Crippen MR) is 71.8 cm³/mol. The Bertz CT molecular complexity index is 575. The normalized spacial score (nSPS) is 16.7. The number of piperidine rings is 1. The van der Waals surface area contributed by atoms with Crippen LogP contribution in [0, 0.1) is 0 Å². The van der Waals surface area contributed by atoms with Crippen molar-refractivity contribution >= 4 is 11.0 Å². The molecule has 102 valence electrons. The number of ether oxygens (including phenoxy) is 2. The van der Waals surface area contributed by atoms with E-state index in [4.69, 9.17) is 9.47 Å². The molecule has 0 unspecified atom stereocenters. The zero-order valence-corrected chi connectivity index (χ0v) is 11.2. The quantitative estimate of drug-likeness (QED) is 0.875. The molecule has 2 N–H and O–H groups in total. The summed E-state index contributed by atoms with van der Waals surface area (Å²) in [6.45, 7) is 2.10. The van der Waals surface area contributed by atoms with E-state index in [-0.39, 0.29) is 0 Å². The van der Waals surface area contributed by atoms with Crippen LogP contribution in [0.15, 0.2) is 6.20 Å². The first-order valence-electron chi connectivity index (χ1n) is 6.51. The van der Waals surface area contributed by atoms with Gasteiger partial charge in [0.2, 0.25) is 5.88 Å². The van der Waals surface area contributed by atoms with Crippen LogP contribution in [0.2, 0.25) is 0 Å². The number of aromatic amines is 1. The van der Waals surface area contributed by atoms with Gasteiger partial charge in [-0.05, 0) is 37.4 Å². The van der Waals surface area contributed by atoms with Gasteiger partial charge in [-0.25, -0.2) is 0 Å². The van der Waals surface area contributed by atoms with Crippen LogP contribution in [0.3, 0.4) is 0 Å². The van der Waals surface area contributed by atoms with Gasteiger partial charge in [-0.2, -0.15) is 9.97 Å². The largest absolute Gasteiger partial charge is 0.479 e. The standard InChI is InChI=1S/C13H18N4O2/c1-18-12-11-10(16-13(17-12)19-2)9(7-15-11)8-3-5-14-6-4-8/h7-8,14-15H,3-6H2,1-2H3. The van der Waals surface area contributed by atoms with Crippen molar-refractivity contribution in [2.24, 2.45) is 0 Å². The lowest BCUT2D eigenvalue weighted by molar-refractivity contribution is 0.356. The average Bonchev–Trinajstić information content (AvgIpc) is 2.90. The molecule has 1 aliphatic heterocycles. The molecule has 19 heavy (non-hydrogen) atoms. The van der Waals surface area contributed by atoms with Crippen LogP contribution in [0.4, 0.5) is 0 Å². The van der Waals surface area contributed by atoms with Crippen molar-refractivity contribution < 1.29 is 9.47 Å². The van der Waals surface area contributed by atoms with Crippen LogP contribution in [-0.4, -0.2) is 42.3 Å². The number of methoxy groups -OCH3 is 2. The molecular weight excluding hydrogens is 244 g/mol. The SMILES string of the molecule is COc1nc(OC)c2[nH]cc(C3CCNCC3)c2n1. The van der Waals surface area contributed by atoms with Crippen LogP contribution in [-0.2, 0) is 0 Å². The minimum atomic E-state index is 0.346. The molecular formula is C13H18N4O2. The average molecular weight is 262 g/mol. The fourth-order valence-electron chi connectivity index (χ4n) is 2.66. The zero-order chi connectivity index (χ0) is 13.2. The summed E-state index contributed by atoms with van der Waals surface area (Å²) in [5.41, 5.74) is 2.99. The molecule has 1 saturated heterocycles. The van der Waals surface area contributed by atoms with Gasteiger partial charge >= 0.3 is 6.01 Å². The molecule has 3 heterocycles. The van der Waals surface area contributed by atoms with E-state index in [0.717, 1.165) is 37.0 Å². The number of fused-ring (bicyclic) bond motifs is 1. The summed E-state index contributed by atoms with van der Waals surface area (Å²) in [6.07, 6.45) is 4.28. The summed E-state index contributed by atoms with van der Waals surface area (Å²) >= 11 is 0. The van der Waals surface area contributed by atoms with E-state index in [1.165, 1.54) is 5.56 Å². The van der Waals surface area contributed by atoms with Crippen molar-refractivity contribution in [1.29, 1.82) is 0 Å². The second-order valence-corrected chi connectivity index (χ2v) is 4.71. The van der Waals surface area contributed by atoms with Crippen LogP contribution in [0.5, 0.6) is 11.9 Å². The lowest BCUT2D eigenvalue weighted by atomic mass is 9.91. The molecule has 0 saturated carbocycles. The number of rotatable bonds is 3. The van der Waals surface area contributed by atoms with Crippen molar-refractivity contribution in [3.63, 3.8) is 0 Å². The maximum atomic E-state index is 5.30. The highest BCUT2D eigenvalue weighted by Crippen LogP contribution is 2.34. The Kier molecular flexibility index (Phi) is 3.25. The Morgan fingerprint density at radius 3 is 2.63 bits per heavy atom. The summed E-state index contributed by atoms with van der Waals surface area (Å²) in [5, 5.41) is 3.38. The minimum absolute atomic E-state index is 0.346. The maximum absolute atomic E-state index is 5.30. The van der Waals surface area contributed by atoms with Gasteiger partial charge in [-0.15, -0.1) is 0 Å². The first kappa shape index (κ1) is 12.2. The molecule has 6 heteroatoms. The van der Waals surface area contributed by atoms with Crippen LogP contribution < -0.4 is 14.8 Å². The minimum Gasteiger partial charge on any atom is -0.479 e. The van der Waals surface area contributed by atoms with Gasteiger partial charge in [0.05, 0.1) is 14.2 Å². The molecule has 0 radical (unpaired) electrons. The molecule has 1 aliphatic rings. The molecule has 2 aromatic rings. The molecule has 0 aromatic carbocycles. The third-order valence-electron chi connectivity index (χ3n) is 3.66. The second-order valence-electron chi connectivity index (χ2n) is 4.71. The molecule has 2 aromatic heterocycles. The van der Waals surface area contributed by atoms with E-state index < -0.39 is 0 Å². The number of aromatic nitrogens is 3. The number of H-pyrrole nitrogens is 1. The molecule has 0 amide bonds. The zero-order valence-electron chi connectivity index (χ0n) is 11.2. The monoisotopic (exact) mass is 262 g/mol. The molecule has 0 spiro atoms. The third-order valence-corrected chi connectivity index (χ3v) is 3.66. The number of hydrogen-bond acceptors (Lipinski definition) is 5. The number of hydrogen-bond donors (Lipinski definition) is 2. The summed E-state index contributed by atoms with van der Waals surface area (Å²) in [6, 6.07) is 0.346. The van der Waals surface area contributed by atoms with Gasteiger partial charge in [0.15, 0.2) is 0 Å². The maximum Gasteiger partial charge on any atom is 0.320 e. The molecule has 0 bridgehead atoms. The molecule has 1 fully saturated rings. The van der Waals surface area contributed by atoms with Crippen LogP contribution >= 0.6 is 0 Å². The lowest BCUT2D eigenvalue weighted by Gasteiger charge is -2.21. The first-order valence-corrected chi connectivity index (χ1v) is 6.51. The predicted octanol–water partition coefficient (Wildman–Crippen LogP) is 1.44. The summed E-state index contributed by atoms with van der Waals surface area (Å²) in [7, 11) is 3.17. The Hall–Kier alpha value is -1.82. The van der Waals surface area contributed by atoms with Crippen molar-refractivity contribution in [3.05, 3.63) is 11.8 Å². The van der Waals surface area contributed by atoms with Crippen molar-refractivity contribution in [2.45, 2.75) is 18.8 Å². The Morgan fingerprint density at radius 1 is 1.16 bits per heavy atom. The van der Waals surface area contributed by atoms with E-state index >= 15 is 0 Å². The van der Waals surface area contributed by atoms with Crippen LogP contribution in [0.25, 0.3) is 11.0 Å². The lowest BCUT2D eigenvalue weighted by Crippen LogP contribution is -2.26. The highest BCUT2D eigenvalue weighted by molar-refractivity contribution is 5.84. The molecule has 6 nitrogen and oxygen atoms in total. The topological polar surface area (TPSA) is 72.1 Å². The van der Waals surface area contributed by atoms with Crippen LogP contribution in [0.1, 0.15) is 24.3 Å². The fourth-order valence-corrected chi connectivity index (χ4v) is 2.66. The van der Waals surface area contributed by atoms with Crippen molar-refractivity contribution in [1.82, 2.24) is 20.3 Å². The summed E-state index contributed by atoms with van der Waals surface area (Å²) in [4.78, 5) is 11.9. The smallest absolute Gasteiger partial charge is 0.320 e. The van der Waals surface area contributed by atoms with E-state index in [2.05, 4.69) is 20.3 Å². The van der Waals surface area contributed by atoms with Crippen molar-refractivity contribution in [2.75, 3.05) is 27.3 Å². The van der Waals surface area contributed by atoms with E-state index in [9.17, 15) is 0 Å². The summed E-state index contributed by atoms with van der Waals surface area (Å²) < 4.78 is 10.4. The van der Waals surface area contributed by atoms with Crippen molar-refractivity contribution in [3.8, 4) is 11.9 Å². The fraction of sp³-hybridized carbons (Fsp3) is 0.538. The van der Waals surface area contributed by atoms with Gasteiger partial charge in [0, 0.05) is 6.20 Å². The number of nitrogens with zero attached hydrogens (tertiary/aromatic N) is 2. The first-order chi connectivity index (χ1) is 9.33. The van der Waals surface area contributed by atoms with Gasteiger partial charge in [-0.1, -0.05) is 0 Å². The highest BCUT2D eigenvalue weighted by atomic mass is 16.5. The van der Waals surface area contributed by atoms with Gasteiger partial charge < -0.3 is 19.8 Å². The Morgan fingerprint density at radius 2 is 1.95 bits per heavy atom. The van der Waals surface area contributed by atoms with Gasteiger partial charge in [-0.3, -0.25) is 0 Å². The Balaban J connectivity index is 2.09. The molecule has 0 atom stereocenters. The molecule has 0 aliphatic carbocycles. The van der Waals surface area contributed by atoms with Gasteiger partial charge in [0.25, 0.3) is 0 Å². The summed E-state index contributed by atoms with van der Waals surface area (Å²) in [5.74, 6) is 1.06. The van der Waals surface area contributed by atoms with E-state index in [1.54, 1.807) is 14.2 Å². The third kappa shape index (κ3) is 2.12. The van der Waals surface area contributed by atoms with E-state index in [1.807, 2.05) is 6.20 Å². The second kappa shape index (κ2) is 5.05. The van der Waals surface area contributed by atoms with E-state index in [0.29, 0.717) is 17.8 Å². The van der Waals surface area contributed by atoms with Gasteiger partial charge in [0.1, 0.15) is 11.0 Å².